The van der Waals surface area contributed by atoms with Gasteiger partial charge in [0, 0.05) is 54.7 Å². The first-order valence-electron chi connectivity index (χ1n) is 16.5. The Balaban J connectivity index is 1.05. The third kappa shape index (κ3) is 6.44. The number of carbonyl (C=O) groups excluding carboxylic acids is 2. The highest BCUT2D eigenvalue weighted by Gasteiger charge is 2.47. The van der Waals surface area contributed by atoms with Gasteiger partial charge in [-0.15, -0.1) is 0 Å². The molecule has 9 nitrogen and oxygen atoms in total. The number of hydrogen-bond acceptors (Lipinski definition) is 7. The van der Waals surface area contributed by atoms with E-state index < -0.39 is 5.82 Å². The van der Waals surface area contributed by atoms with Crippen molar-refractivity contribution in [3.63, 3.8) is 0 Å². The minimum absolute atomic E-state index is 0.0358. The van der Waals surface area contributed by atoms with Gasteiger partial charge < -0.3 is 24.8 Å². The molecule has 10 heteroatoms. The second-order valence-electron chi connectivity index (χ2n) is 14.5. The second kappa shape index (κ2) is 12.3. The van der Waals surface area contributed by atoms with Crippen LogP contribution in [0.4, 0.5) is 10.2 Å². The molecule has 0 unspecified atom stereocenters. The van der Waals surface area contributed by atoms with Gasteiger partial charge in [0.25, 0.3) is 5.91 Å². The summed E-state index contributed by atoms with van der Waals surface area (Å²) in [6.07, 6.45) is 10.7. The summed E-state index contributed by atoms with van der Waals surface area (Å²) in [7, 11) is 0. The van der Waals surface area contributed by atoms with Gasteiger partial charge in [-0.3, -0.25) is 9.59 Å². The van der Waals surface area contributed by atoms with Crippen molar-refractivity contribution < 1.29 is 18.7 Å². The van der Waals surface area contributed by atoms with E-state index in [0.717, 1.165) is 83.2 Å². The van der Waals surface area contributed by atoms with Crippen molar-refractivity contribution in [2.24, 2.45) is 11.3 Å². The summed E-state index contributed by atoms with van der Waals surface area (Å²) in [4.78, 5) is 40.9. The first-order chi connectivity index (χ1) is 21.5. The summed E-state index contributed by atoms with van der Waals surface area (Å²) in [5.74, 6) is 1.42. The number of carbonyl (C=O) groups is 2. The van der Waals surface area contributed by atoms with Crippen LogP contribution in [-0.4, -0.2) is 81.9 Å². The molecule has 1 aliphatic carbocycles. The summed E-state index contributed by atoms with van der Waals surface area (Å²) >= 11 is 0. The van der Waals surface area contributed by atoms with E-state index in [-0.39, 0.29) is 40.4 Å². The van der Waals surface area contributed by atoms with Crippen molar-refractivity contribution in [2.75, 3.05) is 37.6 Å². The quantitative estimate of drug-likeness (QED) is 0.387. The van der Waals surface area contributed by atoms with E-state index in [4.69, 9.17) is 4.74 Å². The van der Waals surface area contributed by atoms with Crippen molar-refractivity contribution in [3.05, 3.63) is 54.3 Å². The summed E-state index contributed by atoms with van der Waals surface area (Å²) in [5, 5.41) is 3.22. The number of hydrogen-bond donors (Lipinski definition) is 1. The van der Waals surface area contributed by atoms with Crippen molar-refractivity contribution >= 4 is 17.6 Å². The van der Waals surface area contributed by atoms with Crippen molar-refractivity contribution in [2.45, 2.75) is 90.3 Å². The topological polar surface area (TPSA) is 90.9 Å². The molecule has 1 aromatic heterocycles. The van der Waals surface area contributed by atoms with Crippen LogP contribution in [0.25, 0.3) is 0 Å². The maximum absolute atomic E-state index is 14.4. The van der Waals surface area contributed by atoms with Crippen molar-refractivity contribution in [1.82, 2.24) is 25.1 Å². The summed E-state index contributed by atoms with van der Waals surface area (Å²) in [6.45, 7) is 16.9. The molecule has 1 saturated carbocycles. The highest BCUT2D eigenvalue weighted by atomic mass is 19.1. The Bertz CT molecular complexity index is 1410. The first kappa shape index (κ1) is 31.5. The van der Waals surface area contributed by atoms with Crippen LogP contribution in [-0.2, 0) is 4.79 Å². The Morgan fingerprint density at radius 3 is 2.42 bits per heavy atom. The van der Waals surface area contributed by atoms with Crippen molar-refractivity contribution in [1.29, 1.82) is 0 Å². The van der Waals surface area contributed by atoms with Crippen molar-refractivity contribution in [3.8, 4) is 11.5 Å². The van der Waals surface area contributed by atoms with Gasteiger partial charge >= 0.3 is 0 Å². The smallest absolute Gasteiger partial charge is 0.258 e. The maximum atomic E-state index is 14.4. The van der Waals surface area contributed by atoms with Crippen LogP contribution in [0.15, 0.2) is 42.9 Å². The van der Waals surface area contributed by atoms with Gasteiger partial charge in [0.05, 0.1) is 11.8 Å². The molecule has 4 fully saturated rings. The normalized spacial score (nSPS) is 24.8. The van der Waals surface area contributed by atoms with Crippen LogP contribution in [0.5, 0.6) is 11.5 Å². The van der Waals surface area contributed by atoms with E-state index in [1.807, 2.05) is 27.7 Å². The predicted octanol–water partition coefficient (Wildman–Crippen LogP) is 5.57. The average Bonchev–Trinajstić information content (AvgIpc) is 3.26. The van der Waals surface area contributed by atoms with E-state index >= 15 is 0 Å². The molecule has 242 valence electrons. The molecule has 6 rings (SSSR count). The Morgan fingerprint density at radius 2 is 1.80 bits per heavy atom. The molecule has 2 aromatic rings. The lowest BCUT2D eigenvalue weighted by atomic mass is 9.71. The lowest BCUT2D eigenvalue weighted by Crippen LogP contribution is -2.61. The fraction of sp³-hybridized carbons (Fsp3) is 0.600. The molecule has 45 heavy (non-hydrogen) atoms. The van der Waals surface area contributed by atoms with Gasteiger partial charge in [-0.25, -0.2) is 14.4 Å². The minimum Gasteiger partial charge on any atom is -0.451 e. The Morgan fingerprint density at radius 1 is 1.11 bits per heavy atom. The van der Waals surface area contributed by atoms with Gasteiger partial charge in [-0.2, -0.15) is 0 Å². The van der Waals surface area contributed by atoms with Gasteiger partial charge in [0.15, 0.2) is 11.6 Å². The van der Waals surface area contributed by atoms with Crippen LogP contribution >= 0.6 is 0 Å². The summed E-state index contributed by atoms with van der Waals surface area (Å²) < 4.78 is 20.6. The van der Waals surface area contributed by atoms with Crippen LogP contribution in [0, 0.1) is 17.2 Å². The number of halogens is 1. The maximum Gasteiger partial charge on any atom is 0.258 e. The molecular weight excluding hydrogens is 571 g/mol. The largest absolute Gasteiger partial charge is 0.451 e. The van der Waals surface area contributed by atoms with Gasteiger partial charge in [0.2, 0.25) is 5.91 Å². The van der Waals surface area contributed by atoms with Gasteiger partial charge in [-0.05, 0) is 103 Å². The Kier molecular flexibility index (Phi) is 8.63. The fourth-order valence-electron chi connectivity index (χ4n) is 8.08. The number of amides is 2. The summed E-state index contributed by atoms with van der Waals surface area (Å²) in [6, 6.07) is 3.97. The molecule has 4 heterocycles. The Hall–Kier alpha value is -3.53. The molecular formula is C35H47FN6O3. The SMILES string of the molecule is C=C1CC2(CCC(CN3CCC4(CC3)CN(c3ncncc3Oc3ccc(F)cc3C(=O)N(C(C)C)C(C)C)C4)CC2)NC1=O. The first-order valence-corrected chi connectivity index (χ1v) is 16.5. The molecule has 4 aliphatic rings. The molecule has 3 aliphatic heterocycles. The highest BCUT2D eigenvalue weighted by molar-refractivity contribution is 5.97. The Labute approximate surface area is 266 Å². The van der Waals surface area contributed by atoms with Crippen LogP contribution in [0.3, 0.4) is 0 Å². The standard InChI is InChI=1S/C35H47FN6O3/c1-23(2)42(24(3)4)33(44)28-16-27(36)6-7-29(28)45-30-18-37-22-38-31(30)41-20-34(21-41)12-14-40(15-13-34)19-26-8-10-35(11-9-26)17-25(5)32(43)39-35/h6-7,16,18,22-24,26H,5,8-15,17,19-21H2,1-4H3,(H,39,43). The molecule has 0 radical (unpaired) electrons. The third-order valence-corrected chi connectivity index (χ3v) is 10.5. The highest BCUT2D eigenvalue weighted by Crippen LogP contribution is 2.46. The number of ether oxygens (including phenoxy) is 1. The van der Waals surface area contributed by atoms with E-state index in [1.54, 1.807) is 11.1 Å². The lowest BCUT2D eigenvalue weighted by molar-refractivity contribution is -0.117. The van der Waals surface area contributed by atoms with E-state index in [2.05, 4.69) is 31.7 Å². The molecule has 1 aromatic carbocycles. The zero-order chi connectivity index (χ0) is 31.9. The molecule has 0 bridgehead atoms. The molecule has 0 atom stereocenters. The number of nitrogens with one attached hydrogen (secondary N) is 1. The number of anilines is 1. The molecule has 2 spiro atoms. The van der Waals surface area contributed by atoms with E-state index in [0.29, 0.717) is 23.2 Å². The number of rotatable bonds is 8. The molecule has 2 amide bonds. The third-order valence-electron chi connectivity index (χ3n) is 10.5. The monoisotopic (exact) mass is 618 g/mol. The van der Waals surface area contributed by atoms with Crippen LogP contribution in [0.1, 0.15) is 83.0 Å². The number of nitrogens with zero attached hydrogens (tertiary/aromatic N) is 5. The van der Waals surface area contributed by atoms with Gasteiger partial charge in [-0.1, -0.05) is 6.58 Å². The number of piperidine rings is 1. The number of aromatic nitrogens is 2. The zero-order valence-corrected chi connectivity index (χ0v) is 27.1. The van der Waals surface area contributed by atoms with E-state index in [1.165, 1.54) is 24.5 Å². The van der Waals surface area contributed by atoms with Crippen LogP contribution < -0.4 is 15.0 Å². The number of benzene rings is 1. The van der Waals surface area contributed by atoms with Crippen LogP contribution in [0.2, 0.25) is 0 Å². The summed E-state index contributed by atoms with van der Waals surface area (Å²) in [5.41, 5.74) is 1.15. The van der Waals surface area contributed by atoms with Gasteiger partial charge in [0.1, 0.15) is 17.9 Å². The molecule has 1 N–H and O–H groups in total. The minimum atomic E-state index is -0.486. The zero-order valence-electron chi connectivity index (χ0n) is 27.1. The molecule has 3 saturated heterocycles. The second-order valence-corrected chi connectivity index (χ2v) is 14.5. The number of likely N-dealkylation sites (tertiary alicyclic amines) is 1. The lowest BCUT2D eigenvalue weighted by Gasteiger charge is -2.55. The van der Waals surface area contributed by atoms with E-state index in [9.17, 15) is 14.0 Å². The fourth-order valence-corrected chi connectivity index (χ4v) is 8.08. The predicted molar refractivity (Wildman–Crippen MR) is 172 cm³/mol. The average molecular weight is 619 g/mol.